The van der Waals surface area contributed by atoms with Crippen molar-refractivity contribution in [2.75, 3.05) is 6.61 Å². The van der Waals surface area contributed by atoms with E-state index in [1.54, 1.807) is 24.3 Å². The highest BCUT2D eigenvalue weighted by atomic mass is 35.5. The molecule has 0 aromatic heterocycles. The van der Waals surface area contributed by atoms with Gasteiger partial charge in [-0.25, -0.2) is 0 Å². The minimum absolute atomic E-state index is 0.0100. The Kier molecular flexibility index (Phi) is 4.97. The lowest BCUT2D eigenvalue weighted by Crippen LogP contribution is -2.20. The molecule has 0 aliphatic carbocycles. The van der Waals surface area contributed by atoms with Crippen LogP contribution >= 0.6 is 11.6 Å². The van der Waals surface area contributed by atoms with Gasteiger partial charge in [-0.05, 0) is 37.1 Å². The van der Waals surface area contributed by atoms with Crippen molar-refractivity contribution in [1.29, 1.82) is 0 Å². The van der Waals surface area contributed by atoms with E-state index in [0.29, 0.717) is 16.5 Å². The first kappa shape index (κ1) is 13.2. The standard InChI is InChI=1S/C13H17ClO2/c1-9(2)10(3)16-8-13(15)11-4-6-12(14)7-5-11/h4-7,9-10H,8H2,1-3H3. The Morgan fingerprint density at radius 3 is 2.31 bits per heavy atom. The number of ketones is 1. The molecule has 0 spiro atoms. The Hall–Kier alpha value is -0.860. The van der Waals surface area contributed by atoms with Crippen LogP contribution in [0.3, 0.4) is 0 Å². The van der Waals surface area contributed by atoms with Crippen LogP contribution in [0, 0.1) is 5.92 Å². The summed E-state index contributed by atoms with van der Waals surface area (Å²) in [6.45, 7) is 6.23. The minimum Gasteiger partial charge on any atom is -0.370 e. The summed E-state index contributed by atoms with van der Waals surface area (Å²) in [4.78, 5) is 11.7. The molecule has 1 aromatic rings. The largest absolute Gasteiger partial charge is 0.370 e. The predicted octanol–water partition coefficient (Wildman–Crippen LogP) is 3.58. The lowest BCUT2D eigenvalue weighted by molar-refractivity contribution is 0.0336. The number of carbonyl (C=O) groups is 1. The minimum atomic E-state index is -0.0100. The third kappa shape index (κ3) is 3.95. The van der Waals surface area contributed by atoms with Crippen LogP contribution in [0.15, 0.2) is 24.3 Å². The van der Waals surface area contributed by atoms with Crippen LogP contribution in [-0.2, 0) is 4.74 Å². The maximum atomic E-state index is 11.7. The summed E-state index contributed by atoms with van der Waals surface area (Å²) in [7, 11) is 0. The lowest BCUT2D eigenvalue weighted by Gasteiger charge is -2.15. The first-order chi connectivity index (χ1) is 7.50. The number of rotatable bonds is 5. The summed E-state index contributed by atoms with van der Waals surface area (Å²) in [5.74, 6) is 0.405. The van der Waals surface area contributed by atoms with E-state index < -0.39 is 0 Å². The van der Waals surface area contributed by atoms with Gasteiger partial charge in [0.15, 0.2) is 5.78 Å². The highest BCUT2D eigenvalue weighted by molar-refractivity contribution is 6.30. The molecular weight excluding hydrogens is 224 g/mol. The monoisotopic (exact) mass is 240 g/mol. The first-order valence-electron chi connectivity index (χ1n) is 5.41. The first-order valence-corrected chi connectivity index (χ1v) is 5.79. The van der Waals surface area contributed by atoms with E-state index in [4.69, 9.17) is 16.3 Å². The van der Waals surface area contributed by atoms with Crippen molar-refractivity contribution >= 4 is 17.4 Å². The van der Waals surface area contributed by atoms with Gasteiger partial charge < -0.3 is 4.74 Å². The van der Waals surface area contributed by atoms with Crippen LogP contribution in [-0.4, -0.2) is 18.5 Å². The predicted molar refractivity (Wildman–Crippen MR) is 66.0 cm³/mol. The molecule has 1 rings (SSSR count). The third-order valence-electron chi connectivity index (χ3n) is 2.58. The molecule has 88 valence electrons. The highest BCUT2D eigenvalue weighted by Crippen LogP contribution is 2.11. The topological polar surface area (TPSA) is 26.3 Å². The summed E-state index contributed by atoms with van der Waals surface area (Å²) in [5.41, 5.74) is 0.639. The van der Waals surface area contributed by atoms with Crippen molar-refractivity contribution in [2.24, 2.45) is 5.92 Å². The fourth-order valence-corrected chi connectivity index (χ4v) is 1.24. The summed E-state index contributed by atoms with van der Waals surface area (Å²) >= 11 is 5.74. The molecule has 1 unspecified atom stereocenters. The maximum Gasteiger partial charge on any atom is 0.188 e. The average Bonchev–Trinajstić information content (AvgIpc) is 2.26. The van der Waals surface area contributed by atoms with Gasteiger partial charge in [0.05, 0.1) is 6.10 Å². The molecule has 1 atom stereocenters. The van der Waals surface area contributed by atoms with Crippen molar-refractivity contribution < 1.29 is 9.53 Å². The molecule has 0 saturated heterocycles. The zero-order valence-electron chi connectivity index (χ0n) is 9.87. The molecule has 16 heavy (non-hydrogen) atoms. The fraction of sp³-hybridized carbons (Fsp3) is 0.462. The summed E-state index contributed by atoms with van der Waals surface area (Å²) in [6.07, 6.45) is 0.0938. The number of hydrogen-bond donors (Lipinski definition) is 0. The molecular formula is C13H17ClO2. The van der Waals surface area contributed by atoms with Crippen LogP contribution < -0.4 is 0 Å². The lowest BCUT2D eigenvalue weighted by atomic mass is 10.1. The molecule has 0 amide bonds. The van der Waals surface area contributed by atoms with E-state index in [0.717, 1.165) is 0 Å². The van der Waals surface area contributed by atoms with Crippen molar-refractivity contribution in [3.63, 3.8) is 0 Å². The summed E-state index contributed by atoms with van der Waals surface area (Å²) < 4.78 is 5.47. The number of benzene rings is 1. The van der Waals surface area contributed by atoms with Gasteiger partial charge in [-0.3, -0.25) is 4.79 Å². The fourth-order valence-electron chi connectivity index (χ4n) is 1.12. The number of Topliss-reactive ketones (excluding diaryl/α,β-unsaturated/α-hetero) is 1. The van der Waals surface area contributed by atoms with Crippen LogP contribution in [0.25, 0.3) is 0 Å². The Morgan fingerprint density at radius 1 is 1.25 bits per heavy atom. The van der Waals surface area contributed by atoms with E-state index in [2.05, 4.69) is 13.8 Å². The Labute approximate surface area is 102 Å². The molecule has 0 aliphatic rings. The van der Waals surface area contributed by atoms with E-state index in [-0.39, 0.29) is 18.5 Å². The van der Waals surface area contributed by atoms with Gasteiger partial charge in [-0.1, -0.05) is 25.4 Å². The molecule has 2 nitrogen and oxygen atoms in total. The third-order valence-corrected chi connectivity index (χ3v) is 2.83. The van der Waals surface area contributed by atoms with Crippen LogP contribution in [0.2, 0.25) is 5.02 Å². The zero-order valence-corrected chi connectivity index (χ0v) is 10.6. The number of carbonyl (C=O) groups excluding carboxylic acids is 1. The Balaban J connectivity index is 2.50. The molecule has 3 heteroatoms. The number of halogens is 1. The van der Waals surface area contributed by atoms with Crippen LogP contribution in [0.5, 0.6) is 0 Å². The second kappa shape index (κ2) is 6.02. The molecule has 1 aromatic carbocycles. The molecule has 0 bridgehead atoms. The smallest absolute Gasteiger partial charge is 0.188 e. The van der Waals surface area contributed by atoms with Gasteiger partial charge in [0.1, 0.15) is 6.61 Å². The van der Waals surface area contributed by atoms with E-state index in [1.807, 2.05) is 6.92 Å². The Bertz CT molecular complexity index is 343. The van der Waals surface area contributed by atoms with Crippen molar-refractivity contribution in [3.05, 3.63) is 34.9 Å². The molecule has 0 aliphatic heterocycles. The molecule has 0 heterocycles. The zero-order chi connectivity index (χ0) is 12.1. The van der Waals surface area contributed by atoms with Gasteiger partial charge in [-0.15, -0.1) is 0 Å². The van der Waals surface area contributed by atoms with Crippen molar-refractivity contribution in [1.82, 2.24) is 0 Å². The van der Waals surface area contributed by atoms with Crippen LogP contribution in [0.1, 0.15) is 31.1 Å². The van der Waals surface area contributed by atoms with Gasteiger partial charge in [0.2, 0.25) is 0 Å². The summed E-state index contributed by atoms with van der Waals surface area (Å²) in [6, 6.07) is 6.85. The molecule has 0 radical (unpaired) electrons. The van der Waals surface area contributed by atoms with E-state index >= 15 is 0 Å². The highest BCUT2D eigenvalue weighted by Gasteiger charge is 2.11. The SMILES string of the molecule is CC(C)C(C)OCC(=O)c1ccc(Cl)cc1. The number of ether oxygens (including phenoxy) is 1. The number of hydrogen-bond acceptors (Lipinski definition) is 2. The van der Waals surface area contributed by atoms with Crippen molar-refractivity contribution in [3.8, 4) is 0 Å². The Morgan fingerprint density at radius 2 is 1.81 bits per heavy atom. The van der Waals surface area contributed by atoms with E-state index in [9.17, 15) is 4.79 Å². The molecule has 0 fully saturated rings. The maximum absolute atomic E-state index is 11.7. The second-order valence-electron chi connectivity index (χ2n) is 4.19. The van der Waals surface area contributed by atoms with Crippen molar-refractivity contribution in [2.45, 2.75) is 26.9 Å². The second-order valence-corrected chi connectivity index (χ2v) is 4.63. The summed E-state index contributed by atoms with van der Waals surface area (Å²) in [5, 5.41) is 0.632. The van der Waals surface area contributed by atoms with Gasteiger partial charge in [0.25, 0.3) is 0 Å². The average molecular weight is 241 g/mol. The molecule has 0 N–H and O–H groups in total. The van der Waals surface area contributed by atoms with Gasteiger partial charge in [-0.2, -0.15) is 0 Å². The quantitative estimate of drug-likeness (QED) is 0.736. The van der Waals surface area contributed by atoms with E-state index in [1.165, 1.54) is 0 Å². The van der Waals surface area contributed by atoms with Crippen LogP contribution in [0.4, 0.5) is 0 Å². The van der Waals surface area contributed by atoms with Gasteiger partial charge in [0, 0.05) is 10.6 Å². The normalized spacial score (nSPS) is 12.8. The molecule has 0 saturated carbocycles. The van der Waals surface area contributed by atoms with Gasteiger partial charge >= 0.3 is 0 Å².